The van der Waals surface area contributed by atoms with Crippen LogP contribution in [0.3, 0.4) is 0 Å². The Bertz CT molecular complexity index is 3510. The average Bonchev–Trinajstić information content (AvgIpc) is 1.71. The summed E-state index contributed by atoms with van der Waals surface area (Å²) >= 11 is 0. The Kier molecular flexibility index (Phi) is 20.0. The number of hydrogen-bond donors (Lipinski definition) is 11. The van der Waals surface area contributed by atoms with Gasteiger partial charge in [0.15, 0.2) is 11.6 Å². The number of ether oxygens (including phenoxy) is 1. The Hall–Kier alpha value is -10.0. The number of hydrogen-bond acceptors (Lipinski definition) is 16. The second-order valence-corrected chi connectivity index (χ2v) is 20.4. The molecule has 5 aromatic rings. The highest BCUT2D eigenvalue weighted by Crippen LogP contribution is 2.40. The molecule has 1 unspecified atom stereocenters. The van der Waals surface area contributed by atoms with Crippen LogP contribution < -0.4 is 54.2 Å². The Morgan fingerprint density at radius 3 is 2.12 bits per heavy atom. The number of fused-ring (bicyclic) bond motifs is 5. The molecule has 13 N–H and O–H groups in total. The summed E-state index contributed by atoms with van der Waals surface area (Å²) in [5.74, 6) is -7.59. The summed E-state index contributed by atoms with van der Waals surface area (Å²) in [7, 11) is 0. The SMILES string of the molecule is CC[C@@]1(O)C(=O)OCc2c1cc1n(c2=O)Cc2c-1nc1ccccc1c2/C=N\OCCNC(=O)CCC(=O)NCc1ccc(C[C@@H]2NC(=O)[C@@H](Cc3ccccc3)NC(=O)C(CC(=O)O)NC(=O)CNC(=O)[C@H](CCCN=C(N)N)NC2=O)cc1. The fourth-order valence-electron chi connectivity index (χ4n) is 10.00. The lowest BCUT2D eigenvalue weighted by atomic mass is 9.86. The number of pyridine rings is 2. The van der Waals surface area contributed by atoms with Crippen molar-refractivity contribution in [1.82, 2.24) is 46.8 Å². The van der Waals surface area contributed by atoms with Gasteiger partial charge < -0.3 is 73.0 Å². The molecule has 0 aliphatic carbocycles. The second kappa shape index (κ2) is 27.8. The Labute approximate surface area is 485 Å². The van der Waals surface area contributed by atoms with E-state index in [1.165, 1.54) is 10.8 Å². The largest absolute Gasteiger partial charge is 0.481 e. The van der Waals surface area contributed by atoms with Gasteiger partial charge in [0.25, 0.3) is 5.56 Å². The minimum Gasteiger partial charge on any atom is -0.481 e. The minimum atomic E-state index is -1.98. The Morgan fingerprint density at radius 2 is 1.44 bits per heavy atom. The van der Waals surface area contributed by atoms with Crippen LogP contribution in [0.1, 0.15) is 84.4 Å². The highest BCUT2D eigenvalue weighted by molar-refractivity contribution is 6.03. The van der Waals surface area contributed by atoms with Crippen LogP contribution in [0, 0.1) is 0 Å². The predicted octanol–water partition coefficient (Wildman–Crippen LogP) is -0.975. The van der Waals surface area contributed by atoms with E-state index in [2.05, 4.69) is 47.4 Å². The number of esters is 1. The number of nitrogens with two attached hydrogens (primary N) is 2. The molecule has 0 bridgehead atoms. The summed E-state index contributed by atoms with van der Waals surface area (Å²) < 4.78 is 6.73. The molecule has 3 aliphatic rings. The maximum Gasteiger partial charge on any atom is 0.343 e. The molecule has 5 atom stereocenters. The molecule has 0 spiro atoms. The predicted molar refractivity (Wildman–Crippen MR) is 305 cm³/mol. The molecule has 0 saturated carbocycles. The molecule has 5 heterocycles. The Morgan fingerprint density at radius 1 is 0.800 bits per heavy atom. The first-order valence-corrected chi connectivity index (χ1v) is 27.5. The van der Waals surface area contributed by atoms with Crippen LogP contribution in [0.5, 0.6) is 0 Å². The lowest BCUT2D eigenvalue weighted by molar-refractivity contribution is -0.172. The summed E-state index contributed by atoms with van der Waals surface area (Å²) in [5, 5.41) is 43.9. The summed E-state index contributed by atoms with van der Waals surface area (Å²) in [6.07, 6.45) is 0.351. The summed E-state index contributed by atoms with van der Waals surface area (Å²) in [6, 6.07) is 18.6. The number of guanidine groups is 1. The van der Waals surface area contributed by atoms with E-state index < -0.39 is 102 Å². The number of aliphatic imine (C=N–C) groups is 1. The molecule has 0 radical (unpaired) electrons. The van der Waals surface area contributed by atoms with E-state index >= 15 is 0 Å². The number of para-hydroxylation sites is 1. The van der Waals surface area contributed by atoms with Crippen molar-refractivity contribution in [3.05, 3.63) is 134 Å². The normalized spacial score (nSPS) is 19.7. The van der Waals surface area contributed by atoms with Gasteiger partial charge in [0.2, 0.25) is 41.4 Å². The van der Waals surface area contributed by atoms with Gasteiger partial charge in [0, 0.05) is 60.8 Å². The van der Waals surface area contributed by atoms with Crippen LogP contribution in [0.2, 0.25) is 0 Å². The highest BCUT2D eigenvalue weighted by Gasteiger charge is 2.46. The number of oxime groups is 1. The number of nitrogens with zero attached hydrogens (tertiary/aromatic N) is 4. The highest BCUT2D eigenvalue weighted by atomic mass is 16.6. The van der Waals surface area contributed by atoms with E-state index in [-0.39, 0.29) is 101 Å². The van der Waals surface area contributed by atoms with Gasteiger partial charge >= 0.3 is 11.9 Å². The third kappa shape index (κ3) is 15.3. The fourth-order valence-corrected chi connectivity index (χ4v) is 10.00. The second-order valence-electron chi connectivity index (χ2n) is 20.4. The zero-order chi connectivity index (χ0) is 60.8. The van der Waals surface area contributed by atoms with E-state index in [1.807, 2.05) is 24.3 Å². The molecule has 3 aromatic carbocycles. The molecule has 1 saturated heterocycles. The summed E-state index contributed by atoms with van der Waals surface area (Å²) in [4.78, 5) is 147. The first-order chi connectivity index (χ1) is 40.8. The number of carbonyl (C=O) groups excluding carboxylic acids is 8. The number of carbonyl (C=O) groups is 9. The molecule has 1 fully saturated rings. The monoisotopic (exact) mass is 1170 g/mol. The fraction of sp³-hybridized carbons (Fsp3) is 0.362. The number of amides is 7. The lowest BCUT2D eigenvalue weighted by Gasteiger charge is -2.31. The topological polar surface area (TPSA) is 408 Å². The van der Waals surface area contributed by atoms with Gasteiger partial charge in [-0.2, -0.15) is 0 Å². The van der Waals surface area contributed by atoms with Crippen molar-refractivity contribution in [2.45, 2.75) is 108 Å². The molecule has 2 aromatic heterocycles. The van der Waals surface area contributed by atoms with Gasteiger partial charge in [-0.25, -0.2) is 9.78 Å². The van der Waals surface area contributed by atoms with E-state index in [0.29, 0.717) is 44.7 Å². The van der Waals surface area contributed by atoms with Gasteiger partial charge in [-0.3, -0.25) is 48.1 Å². The van der Waals surface area contributed by atoms with Crippen LogP contribution in [0.4, 0.5) is 0 Å². The van der Waals surface area contributed by atoms with Crippen molar-refractivity contribution in [1.29, 1.82) is 0 Å². The molecular formula is C58H65N13O14. The van der Waals surface area contributed by atoms with Crippen LogP contribution in [-0.2, 0) is 90.9 Å². The standard InChI is InChI=1S/C58H65N13O14/c1-2-58(83)39-25-45-50-37(30-71(45)55(81)38(39)31-84-56(58)82)36(35-11-6-7-12-40(35)67-50)28-65-85-22-21-61-46(72)18-19-47(73)63-27-34-16-14-33(15-17-34)24-43-52(78)68-41(13-8-20-62-57(59)60)51(77)64-29-48(74)66-44(26-49(75)76)54(80)70-42(53(79)69-43)23-32-9-4-3-5-10-32/h3-7,9-12,14-17,25,28,41-44,83H,2,8,13,18-24,26-27,29-31H2,1H3,(H,61,72)(H,63,73)(H,64,77)(H,66,74)(H,68,78)(H,69,79)(H,70,80)(H,75,76)(H4,59,60,62)/b65-28-/t41-,42+,43-,44?,58-/m0/s1. The number of rotatable bonds is 21. The Balaban J connectivity index is 0.857. The van der Waals surface area contributed by atoms with Crippen LogP contribution in [0.25, 0.3) is 22.3 Å². The molecule has 27 heteroatoms. The summed E-state index contributed by atoms with van der Waals surface area (Å²) in [6.45, 7) is 1.03. The molecular weight excluding hydrogens is 1100 g/mol. The van der Waals surface area contributed by atoms with Gasteiger partial charge in [-0.1, -0.05) is 84.9 Å². The van der Waals surface area contributed by atoms with E-state index in [9.17, 15) is 58.2 Å². The number of carboxylic acid groups (broad SMARTS) is 1. The first kappa shape index (κ1) is 61.0. The van der Waals surface area contributed by atoms with E-state index in [1.54, 1.807) is 67.6 Å². The maximum absolute atomic E-state index is 14.2. The zero-order valence-corrected chi connectivity index (χ0v) is 46.3. The smallest absolute Gasteiger partial charge is 0.343 e. The van der Waals surface area contributed by atoms with Crippen molar-refractivity contribution in [2.24, 2.45) is 21.6 Å². The third-order valence-electron chi connectivity index (χ3n) is 14.5. The number of cyclic esters (lactones) is 1. The van der Waals surface area contributed by atoms with Gasteiger partial charge in [0.05, 0.1) is 54.7 Å². The molecule has 3 aliphatic heterocycles. The number of aliphatic hydroxyl groups is 1. The van der Waals surface area contributed by atoms with Crippen molar-refractivity contribution in [3.63, 3.8) is 0 Å². The van der Waals surface area contributed by atoms with Crippen molar-refractivity contribution < 1.29 is 62.9 Å². The number of aliphatic carboxylic acids is 1. The van der Waals surface area contributed by atoms with Gasteiger partial charge in [-0.15, -0.1) is 0 Å². The third-order valence-corrected chi connectivity index (χ3v) is 14.5. The molecule has 85 heavy (non-hydrogen) atoms. The van der Waals surface area contributed by atoms with Gasteiger partial charge in [-0.05, 0) is 48.1 Å². The van der Waals surface area contributed by atoms with E-state index in [0.717, 1.165) is 5.39 Å². The molecule has 27 nitrogen and oxygen atoms in total. The van der Waals surface area contributed by atoms with Gasteiger partial charge in [0.1, 0.15) is 37.4 Å². The number of nitrogens with one attached hydrogen (secondary N) is 7. The van der Waals surface area contributed by atoms with Crippen LogP contribution >= 0.6 is 0 Å². The maximum atomic E-state index is 14.2. The average molecular weight is 1170 g/mol. The van der Waals surface area contributed by atoms with Crippen molar-refractivity contribution in [3.8, 4) is 11.4 Å². The number of aromatic nitrogens is 2. The molecule has 7 amide bonds. The van der Waals surface area contributed by atoms with Crippen LogP contribution in [0.15, 0.2) is 99.9 Å². The first-order valence-electron chi connectivity index (χ1n) is 27.5. The zero-order valence-electron chi connectivity index (χ0n) is 46.3. The van der Waals surface area contributed by atoms with Crippen molar-refractivity contribution >= 4 is 76.4 Å². The van der Waals surface area contributed by atoms with Crippen molar-refractivity contribution in [2.75, 3.05) is 26.2 Å². The quantitative estimate of drug-likeness (QED) is 0.0136. The number of benzene rings is 3. The number of carboxylic acids is 1. The minimum absolute atomic E-state index is 0.00398. The van der Waals surface area contributed by atoms with E-state index in [4.69, 9.17) is 26.0 Å². The summed E-state index contributed by atoms with van der Waals surface area (Å²) in [5.41, 5.74) is 13.6. The van der Waals surface area contributed by atoms with Crippen LogP contribution in [-0.4, -0.2) is 136 Å². The molecule has 8 rings (SSSR count). The lowest BCUT2D eigenvalue weighted by Crippen LogP contribution is -2.58. The molecule has 446 valence electrons.